The summed E-state index contributed by atoms with van der Waals surface area (Å²) in [4.78, 5) is 2.65. The molecule has 1 saturated heterocycles. The summed E-state index contributed by atoms with van der Waals surface area (Å²) in [5, 5.41) is 5.32. The molecule has 1 aliphatic heterocycles. The van der Waals surface area contributed by atoms with Gasteiger partial charge in [-0.25, -0.2) is 0 Å². The summed E-state index contributed by atoms with van der Waals surface area (Å²) in [6.07, 6.45) is 5.30. The van der Waals surface area contributed by atoms with Crippen LogP contribution in [-0.4, -0.2) is 30.1 Å². The number of fused-ring (bicyclic) bond motifs is 1. The maximum atomic E-state index is 6.24. The van der Waals surface area contributed by atoms with Gasteiger partial charge < -0.3 is 14.6 Å². The fourth-order valence-electron chi connectivity index (χ4n) is 3.39. The SMILES string of the molecule is Clc1oc2ccccc2c1CNC1CCN(C2CC2)CC1. The van der Waals surface area contributed by atoms with Crippen LogP contribution >= 0.6 is 11.6 Å². The molecule has 1 aliphatic carbocycles. The molecule has 0 unspecified atom stereocenters. The molecule has 21 heavy (non-hydrogen) atoms. The molecule has 0 amide bonds. The molecule has 2 fully saturated rings. The van der Waals surface area contributed by atoms with Gasteiger partial charge in [0.05, 0.1) is 0 Å². The minimum atomic E-state index is 0.527. The van der Waals surface area contributed by atoms with Gasteiger partial charge in [0.1, 0.15) is 5.58 Å². The second kappa shape index (κ2) is 5.64. The number of hydrogen-bond acceptors (Lipinski definition) is 3. The van der Waals surface area contributed by atoms with Crippen molar-refractivity contribution in [2.45, 2.75) is 44.3 Å². The van der Waals surface area contributed by atoms with Gasteiger partial charge in [-0.05, 0) is 56.4 Å². The Labute approximate surface area is 130 Å². The van der Waals surface area contributed by atoms with Crippen molar-refractivity contribution < 1.29 is 4.42 Å². The summed E-state index contributed by atoms with van der Waals surface area (Å²) >= 11 is 6.24. The van der Waals surface area contributed by atoms with Crippen LogP contribution in [0.3, 0.4) is 0 Å². The fraction of sp³-hybridized carbons (Fsp3) is 0.529. The number of hydrogen-bond donors (Lipinski definition) is 1. The van der Waals surface area contributed by atoms with Crippen LogP contribution in [0, 0.1) is 0 Å². The smallest absolute Gasteiger partial charge is 0.199 e. The number of nitrogens with one attached hydrogen (secondary N) is 1. The molecule has 2 heterocycles. The van der Waals surface area contributed by atoms with Gasteiger partial charge in [0.25, 0.3) is 0 Å². The molecule has 1 aromatic carbocycles. The predicted molar refractivity (Wildman–Crippen MR) is 85.7 cm³/mol. The molecular formula is C17H21ClN2O. The summed E-state index contributed by atoms with van der Waals surface area (Å²) in [6.45, 7) is 3.27. The molecule has 3 nitrogen and oxygen atoms in total. The molecule has 1 N–H and O–H groups in total. The minimum absolute atomic E-state index is 0.527. The van der Waals surface area contributed by atoms with Crippen LogP contribution in [0.25, 0.3) is 11.0 Å². The second-order valence-corrected chi connectivity index (χ2v) is 6.62. The van der Waals surface area contributed by atoms with Crippen molar-refractivity contribution in [3.8, 4) is 0 Å². The minimum Gasteiger partial charge on any atom is -0.444 e. The molecule has 1 aromatic heterocycles. The molecule has 4 rings (SSSR count). The van der Waals surface area contributed by atoms with E-state index in [0.29, 0.717) is 11.3 Å². The van der Waals surface area contributed by atoms with Gasteiger partial charge in [0.15, 0.2) is 5.22 Å². The van der Waals surface area contributed by atoms with E-state index in [1.165, 1.54) is 38.8 Å². The molecule has 4 heteroatoms. The monoisotopic (exact) mass is 304 g/mol. The number of furan rings is 1. The van der Waals surface area contributed by atoms with E-state index in [9.17, 15) is 0 Å². The highest BCUT2D eigenvalue weighted by atomic mass is 35.5. The summed E-state index contributed by atoms with van der Waals surface area (Å²) < 4.78 is 5.61. The molecule has 2 aromatic rings. The topological polar surface area (TPSA) is 28.4 Å². The van der Waals surface area contributed by atoms with Gasteiger partial charge in [-0.3, -0.25) is 0 Å². The van der Waals surface area contributed by atoms with Crippen molar-refractivity contribution in [1.29, 1.82) is 0 Å². The van der Waals surface area contributed by atoms with E-state index >= 15 is 0 Å². The van der Waals surface area contributed by atoms with E-state index in [-0.39, 0.29) is 0 Å². The highest BCUT2D eigenvalue weighted by molar-refractivity contribution is 6.30. The first-order chi connectivity index (χ1) is 10.3. The van der Waals surface area contributed by atoms with Gasteiger partial charge in [-0.1, -0.05) is 18.2 Å². The predicted octanol–water partition coefficient (Wildman–Crippen LogP) is 3.80. The third-order valence-electron chi connectivity index (χ3n) is 4.81. The molecule has 0 bridgehead atoms. The number of para-hydroxylation sites is 1. The van der Waals surface area contributed by atoms with Crippen molar-refractivity contribution in [2.24, 2.45) is 0 Å². The van der Waals surface area contributed by atoms with E-state index < -0.39 is 0 Å². The molecule has 2 aliphatic rings. The summed E-state index contributed by atoms with van der Waals surface area (Å²) in [5.41, 5.74) is 1.97. The Hall–Kier alpha value is -1.03. The molecule has 112 valence electrons. The highest BCUT2D eigenvalue weighted by Crippen LogP contribution is 2.31. The number of benzene rings is 1. The zero-order chi connectivity index (χ0) is 14.2. The van der Waals surface area contributed by atoms with Crippen LogP contribution in [0.4, 0.5) is 0 Å². The van der Waals surface area contributed by atoms with E-state index in [0.717, 1.165) is 29.1 Å². The van der Waals surface area contributed by atoms with Crippen LogP contribution in [0.2, 0.25) is 5.22 Å². The number of rotatable bonds is 4. The number of likely N-dealkylation sites (tertiary alicyclic amines) is 1. The molecule has 0 atom stereocenters. The van der Waals surface area contributed by atoms with E-state index in [4.69, 9.17) is 16.0 Å². The first kappa shape index (κ1) is 13.6. The van der Waals surface area contributed by atoms with Crippen molar-refractivity contribution in [3.63, 3.8) is 0 Å². The number of nitrogens with zero attached hydrogens (tertiary/aromatic N) is 1. The molecule has 0 radical (unpaired) electrons. The fourth-order valence-corrected chi connectivity index (χ4v) is 3.64. The van der Waals surface area contributed by atoms with Crippen molar-refractivity contribution in [3.05, 3.63) is 35.0 Å². The summed E-state index contributed by atoms with van der Waals surface area (Å²) in [6, 6.07) is 9.57. The van der Waals surface area contributed by atoms with Gasteiger partial charge in [0.2, 0.25) is 0 Å². The maximum absolute atomic E-state index is 6.24. The van der Waals surface area contributed by atoms with Crippen LogP contribution in [-0.2, 0) is 6.54 Å². The number of piperidine rings is 1. The lowest BCUT2D eigenvalue weighted by Gasteiger charge is -2.32. The quantitative estimate of drug-likeness (QED) is 0.931. The average Bonchev–Trinajstić information content (AvgIpc) is 3.30. The van der Waals surface area contributed by atoms with Crippen LogP contribution in [0.15, 0.2) is 28.7 Å². The standard InChI is InChI=1S/C17H21ClN2O/c18-17-15(14-3-1-2-4-16(14)21-17)11-19-12-7-9-20(10-8-12)13-5-6-13/h1-4,12-13,19H,5-11H2. The van der Waals surface area contributed by atoms with Crippen LogP contribution in [0.1, 0.15) is 31.2 Å². The first-order valence-corrected chi connectivity index (χ1v) is 8.32. The zero-order valence-electron chi connectivity index (χ0n) is 12.1. The lowest BCUT2D eigenvalue weighted by molar-refractivity contribution is 0.189. The van der Waals surface area contributed by atoms with Crippen molar-refractivity contribution >= 4 is 22.6 Å². The Balaban J connectivity index is 1.38. The van der Waals surface area contributed by atoms with Crippen molar-refractivity contribution in [2.75, 3.05) is 13.1 Å². The van der Waals surface area contributed by atoms with Gasteiger partial charge in [0, 0.05) is 29.6 Å². The number of halogens is 1. The Morgan fingerprint density at radius 3 is 2.67 bits per heavy atom. The Morgan fingerprint density at radius 1 is 1.14 bits per heavy atom. The summed E-state index contributed by atoms with van der Waals surface area (Å²) in [5.74, 6) is 0. The largest absolute Gasteiger partial charge is 0.444 e. The Bertz CT molecular complexity index is 627. The molecule has 0 spiro atoms. The van der Waals surface area contributed by atoms with Crippen LogP contribution < -0.4 is 5.32 Å². The zero-order valence-corrected chi connectivity index (χ0v) is 12.9. The second-order valence-electron chi connectivity index (χ2n) is 6.27. The van der Waals surface area contributed by atoms with E-state index in [1.54, 1.807) is 0 Å². The highest BCUT2D eigenvalue weighted by Gasteiger charge is 2.31. The lowest BCUT2D eigenvalue weighted by atomic mass is 10.0. The van der Waals surface area contributed by atoms with E-state index in [2.05, 4.69) is 16.3 Å². The lowest BCUT2D eigenvalue weighted by Crippen LogP contribution is -2.43. The van der Waals surface area contributed by atoms with Crippen molar-refractivity contribution in [1.82, 2.24) is 10.2 Å². The average molecular weight is 305 g/mol. The Morgan fingerprint density at radius 2 is 1.90 bits per heavy atom. The van der Waals surface area contributed by atoms with Gasteiger partial charge in [-0.2, -0.15) is 0 Å². The Kier molecular flexibility index (Phi) is 3.66. The third kappa shape index (κ3) is 2.83. The third-order valence-corrected chi connectivity index (χ3v) is 5.11. The van der Waals surface area contributed by atoms with Gasteiger partial charge >= 0.3 is 0 Å². The molecule has 1 saturated carbocycles. The summed E-state index contributed by atoms with van der Waals surface area (Å²) in [7, 11) is 0. The first-order valence-electron chi connectivity index (χ1n) is 7.94. The maximum Gasteiger partial charge on any atom is 0.199 e. The molecular weight excluding hydrogens is 284 g/mol. The van der Waals surface area contributed by atoms with Gasteiger partial charge in [-0.15, -0.1) is 0 Å². The normalized spacial score (nSPS) is 21.2. The van der Waals surface area contributed by atoms with Crippen LogP contribution in [0.5, 0.6) is 0 Å². The van der Waals surface area contributed by atoms with E-state index in [1.807, 2.05) is 18.2 Å².